The zero-order valence-corrected chi connectivity index (χ0v) is 12.3. The predicted octanol–water partition coefficient (Wildman–Crippen LogP) is 2.24. The van der Waals surface area contributed by atoms with Gasteiger partial charge in [0.25, 0.3) is 0 Å². The average molecular weight is 330 g/mol. The van der Waals surface area contributed by atoms with Crippen molar-refractivity contribution >= 4 is 22.0 Å². The molecular formula is C12H16BrN3O3. The third-order valence-corrected chi connectivity index (χ3v) is 3.18. The van der Waals surface area contributed by atoms with Crippen LogP contribution in [-0.4, -0.2) is 46.8 Å². The molecule has 19 heavy (non-hydrogen) atoms. The first kappa shape index (κ1) is 14.0. The topological polar surface area (TPSA) is 64.5 Å². The smallest absolute Gasteiger partial charge is 0.409 e. The molecule has 1 amide bonds. The summed E-state index contributed by atoms with van der Waals surface area (Å²) in [7, 11) is 0. The van der Waals surface area contributed by atoms with E-state index in [0.29, 0.717) is 25.7 Å². The molecule has 0 radical (unpaired) electrons. The van der Waals surface area contributed by atoms with E-state index >= 15 is 0 Å². The van der Waals surface area contributed by atoms with Crippen LogP contribution in [0.5, 0.6) is 6.01 Å². The molecule has 0 aliphatic carbocycles. The lowest BCUT2D eigenvalue weighted by molar-refractivity contribution is 0.0575. The summed E-state index contributed by atoms with van der Waals surface area (Å²) in [5.74, 6) is 0. The highest BCUT2D eigenvalue weighted by Gasteiger charge is 2.26. The summed E-state index contributed by atoms with van der Waals surface area (Å²) < 4.78 is 11.5. The van der Waals surface area contributed by atoms with E-state index in [0.717, 1.165) is 17.3 Å². The van der Waals surface area contributed by atoms with Gasteiger partial charge in [0.1, 0.15) is 6.10 Å². The first-order chi connectivity index (χ1) is 9.19. The number of carbonyl (C=O) groups excluding carboxylic acids is 1. The van der Waals surface area contributed by atoms with E-state index in [4.69, 9.17) is 9.47 Å². The van der Waals surface area contributed by atoms with Gasteiger partial charge in [-0.1, -0.05) is 0 Å². The van der Waals surface area contributed by atoms with Crippen LogP contribution in [-0.2, 0) is 4.74 Å². The summed E-state index contributed by atoms with van der Waals surface area (Å²) in [6.07, 6.45) is 4.67. The number of rotatable bonds is 3. The van der Waals surface area contributed by atoms with E-state index in [1.54, 1.807) is 24.2 Å². The van der Waals surface area contributed by atoms with Gasteiger partial charge in [-0.05, 0) is 35.7 Å². The number of halogens is 1. The van der Waals surface area contributed by atoms with Gasteiger partial charge >= 0.3 is 12.1 Å². The fourth-order valence-corrected chi connectivity index (χ4v) is 2.13. The molecule has 1 aromatic heterocycles. The molecule has 0 aromatic carbocycles. The molecular weight excluding hydrogens is 314 g/mol. The Morgan fingerprint density at radius 3 is 2.95 bits per heavy atom. The minimum atomic E-state index is -0.285. The van der Waals surface area contributed by atoms with E-state index in [1.165, 1.54) is 0 Å². The van der Waals surface area contributed by atoms with Crippen molar-refractivity contribution in [2.75, 3.05) is 19.7 Å². The molecule has 0 saturated carbocycles. The molecule has 0 spiro atoms. The van der Waals surface area contributed by atoms with E-state index in [9.17, 15) is 4.79 Å². The summed E-state index contributed by atoms with van der Waals surface area (Å²) in [6, 6.07) is 0.332. The lowest BCUT2D eigenvalue weighted by Crippen LogP contribution is -2.44. The molecule has 1 aromatic rings. The van der Waals surface area contributed by atoms with Crippen LogP contribution in [0.2, 0.25) is 0 Å². The van der Waals surface area contributed by atoms with Crippen molar-refractivity contribution in [2.45, 2.75) is 25.9 Å². The molecule has 1 unspecified atom stereocenters. The van der Waals surface area contributed by atoms with Crippen molar-refractivity contribution in [1.29, 1.82) is 0 Å². The molecule has 104 valence electrons. The minimum Gasteiger partial charge on any atom is -0.458 e. The van der Waals surface area contributed by atoms with E-state index in [-0.39, 0.29) is 12.2 Å². The summed E-state index contributed by atoms with van der Waals surface area (Å²) in [5.41, 5.74) is 0. The van der Waals surface area contributed by atoms with Crippen LogP contribution in [0.1, 0.15) is 19.8 Å². The van der Waals surface area contributed by atoms with Crippen LogP contribution in [0.25, 0.3) is 0 Å². The zero-order chi connectivity index (χ0) is 13.7. The number of carbonyl (C=O) groups is 1. The summed E-state index contributed by atoms with van der Waals surface area (Å²) in [6.45, 7) is 3.40. The number of piperidine rings is 1. The number of likely N-dealkylation sites (tertiary alicyclic amines) is 1. The SMILES string of the molecule is CCOC(=O)N1CCCC(Oc2ncc(Br)cn2)C1. The van der Waals surface area contributed by atoms with Gasteiger partial charge in [-0.15, -0.1) is 0 Å². The quantitative estimate of drug-likeness (QED) is 0.850. The first-order valence-electron chi connectivity index (χ1n) is 6.25. The third kappa shape index (κ3) is 4.05. The highest BCUT2D eigenvalue weighted by atomic mass is 79.9. The Balaban J connectivity index is 1.90. The normalized spacial score (nSPS) is 19.1. The Morgan fingerprint density at radius 1 is 1.53 bits per heavy atom. The van der Waals surface area contributed by atoms with Crippen LogP contribution in [0.15, 0.2) is 16.9 Å². The second kappa shape index (κ2) is 6.70. The van der Waals surface area contributed by atoms with Gasteiger partial charge < -0.3 is 14.4 Å². The number of aromatic nitrogens is 2. The molecule has 0 N–H and O–H groups in total. The molecule has 7 heteroatoms. The lowest BCUT2D eigenvalue weighted by Gasteiger charge is -2.31. The molecule has 2 heterocycles. The van der Waals surface area contributed by atoms with Crippen LogP contribution >= 0.6 is 15.9 Å². The third-order valence-electron chi connectivity index (χ3n) is 2.77. The monoisotopic (exact) mass is 329 g/mol. The average Bonchev–Trinajstić information content (AvgIpc) is 2.42. The van der Waals surface area contributed by atoms with Crippen LogP contribution in [0, 0.1) is 0 Å². The zero-order valence-electron chi connectivity index (χ0n) is 10.7. The number of hydrogen-bond donors (Lipinski definition) is 0. The van der Waals surface area contributed by atoms with Crippen LogP contribution in [0.4, 0.5) is 4.79 Å². The molecule has 0 bridgehead atoms. The molecule has 1 saturated heterocycles. The Morgan fingerprint density at radius 2 is 2.26 bits per heavy atom. The Labute approximate surface area is 120 Å². The highest BCUT2D eigenvalue weighted by Crippen LogP contribution is 2.16. The van der Waals surface area contributed by atoms with Gasteiger partial charge in [0, 0.05) is 18.9 Å². The standard InChI is InChI=1S/C12H16BrN3O3/c1-2-18-12(17)16-5-3-4-10(8-16)19-11-14-6-9(13)7-15-11/h6-7,10H,2-5,8H2,1H3. The molecule has 6 nitrogen and oxygen atoms in total. The van der Waals surface area contributed by atoms with Crippen molar-refractivity contribution in [3.63, 3.8) is 0 Å². The van der Waals surface area contributed by atoms with Gasteiger partial charge in [-0.25, -0.2) is 14.8 Å². The van der Waals surface area contributed by atoms with Gasteiger partial charge in [0.05, 0.1) is 17.6 Å². The number of ether oxygens (including phenoxy) is 2. The Bertz CT molecular complexity index is 427. The highest BCUT2D eigenvalue weighted by molar-refractivity contribution is 9.10. The first-order valence-corrected chi connectivity index (χ1v) is 7.04. The maximum Gasteiger partial charge on any atom is 0.409 e. The van der Waals surface area contributed by atoms with Gasteiger partial charge in [-0.2, -0.15) is 0 Å². The number of amides is 1. The van der Waals surface area contributed by atoms with E-state index in [2.05, 4.69) is 25.9 Å². The maximum absolute atomic E-state index is 11.7. The van der Waals surface area contributed by atoms with Crippen LogP contribution < -0.4 is 4.74 Å². The van der Waals surface area contributed by atoms with Gasteiger partial charge in [0.15, 0.2) is 0 Å². The van der Waals surface area contributed by atoms with Crippen LogP contribution in [0.3, 0.4) is 0 Å². The summed E-state index contributed by atoms with van der Waals surface area (Å²) in [5, 5.41) is 0. The van der Waals surface area contributed by atoms with E-state index < -0.39 is 0 Å². The lowest BCUT2D eigenvalue weighted by atomic mass is 10.1. The molecule has 1 aliphatic heterocycles. The molecule has 1 aliphatic rings. The molecule has 1 atom stereocenters. The largest absolute Gasteiger partial charge is 0.458 e. The fourth-order valence-electron chi connectivity index (χ4n) is 1.93. The van der Waals surface area contributed by atoms with Gasteiger partial charge in [-0.3, -0.25) is 0 Å². The predicted molar refractivity (Wildman–Crippen MR) is 72.0 cm³/mol. The Hall–Kier alpha value is -1.37. The van der Waals surface area contributed by atoms with E-state index in [1.807, 2.05) is 0 Å². The minimum absolute atomic E-state index is 0.0840. The van der Waals surface area contributed by atoms with Crippen molar-refractivity contribution in [2.24, 2.45) is 0 Å². The van der Waals surface area contributed by atoms with Gasteiger partial charge in [0.2, 0.25) is 0 Å². The van der Waals surface area contributed by atoms with Crippen molar-refractivity contribution in [1.82, 2.24) is 14.9 Å². The second-order valence-electron chi connectivity index (χ2n) is 4.21. The fraction of sp³-hybridized carbons (Fsp3) is 0.583. The van der Waals surface area contributed by atoms with Crippen molar-refractivity contribution in [3.05, 3.63) is 16.9 Å². The summed E-state index contributed by atoms with van der Waals surface area (Å²) in [4.78, 5) is 21.4. The van der Waals surface area contributed by atoms with Crippen molar-refractivity contribution in [3.8, 4) is 6.01 Å². The number of nitrogens with zero attached hydrogens (tertiary/aromatic N) is 3. The maximum atomic E-state index is 11.7. The molecule has 2 rings (SSSR count). The molecule has 1 fully saturated rings. The second-order valence-corrected chi connectivity index (χ2v) is 5.13. The van der Waals surface area contributed by atoms with Crippen molar-refractivity contribution < 1.29 is 14.3 Å². The Kier molecular flexibility index (Phi) is 4.95. The summed E-state index contributed by atoms with van der Waals surface area (Å²) >= 11 is 3.27. The number of hydrogen-bond acceptors (Lipinski definition) is 5.